The molecule has 0 saturated heterocycles. The summed E-state index contributed by atoms with van der Waals surface area (Å²) in [6.45, 7) is 41.5. The monoisotopic (exact) mass is 721 g/mol. The van der Waals surface area contributed by atoms with Crippen LogP contribution in [-0.4, -0.2) is 9.97 Å². The van der Waals surface area contributed by atoms with Gasteiger partial charge in [0.1, 0.15) is 6.33 Å². The number of nitrogens with zero attached hydrogens (tertiary/aromatic N) is 2. The maximum Gasteiger partial charge on any atom is 0.116 e. The Balaban J connectivity index is 1.72. The van der Waals surface area contributed by atoms with Crippen molar-refractivity contribution in [2.24, 2.45) is 0 Å². The van der Waals surface area contributed by atoms with E-state index < -0.39 is 0 Å². The van der Waals surface area contributed by atoms with Crippen LogP contribution in [0, 0.1) is 0 Å². The molecule has 1 heterocycles. The summed E-state index contributed by atoms with van der Waals surface area (Å²) in [5.41, 5.74) is 17.1. The number of hydrogen-bond donors (Lipinski definition) is 0. The maximum atomic E-state index is 4.92. The van der Waals surface area contributed by atoms with Crippen LogP contribution in [-0.2, 0) is 32.5 Å². The van der Waals surface area contributed by atoms with Crippen LogP contribution in [0.15, 0.2) is 85.2 Å². The predicted octanol–water partition coefficient (Wildman–Crippen LogP) is 14.9. The van der Waals surface area contributed by atoms with Crippen LogP contribution in [0.1, 0.15) is 158 Å². The van der Waals surface area contributed by atoms with Crippen LogP contribution in [0.4, 0.5) is 0 Å². The fraction of sp³-hybridized carbons (Fsp3) is 0.462. The summed E-state index contributed by atoms with van der Waals surface area (Å²) in [4.78, 5) is 9.85. The molecule has 0 fully saturated rings. The number of hydrogen-bond acceptors (Lipinski definition) is 2. The van der Waals surface area contributed by atoms with E-state index in [2.05, 4.69) is 203 Å². The van der Waals surface area contributed by atoms with E-state index in [-0.39, 0.29) is 32.5 Å². The Kier molecular flexibility index (Phi) is 10.6. The topological polar surface area (TPSA) is 25.8 Å². The zero-order chi connectivity index (χ0) is 40.4. The van der Waals surface area contributed by atoms with Gasteiger partial charge < -0.3 is 0 Å². The fourth-order valence-corrected chi connectivity index (χ4v) is 6.74. The molecule has 0 aliphatic heterocycles. The van der Waals surface area contributed by atoms with Crippen molar-refractivity contribution in [1.82, 2.24) is 9.97 Å². The van der Waals surface area contributed by atoms with E-state index in [1.807, 2.05) is 0 Å². The van der Waals surface area contributed by atoms with E-state index in [4.69, 9.17) is 9.97 Å². The van der Waals surface area contributed by atoms with Crippen LogP contribution in [0.3, 0.4) is 0 Å². The lowest BCUT2D eigenvalue weighted by atomic mass is 9.78. The van der Waals surface area contributed by atoms with Crippen molar-refractivity contribution in [3.8, 4) is 44.8 Å². The molecular weight excluding hydrogens is 653 g/mol. The second-order valence-corrected chi connectivity index (χ2v) is 22.0. The Morgan fingerprint density at radius 3 is 0.685 bits per heavy atom. The summed E-state index contributed by atoms with van der Waals surface area (Å²) in [6.07, 6.45) is 1.74. The van der Waals surface area contributed by atoms with Crippen LogP contribution in [0.2, 0.25) is 0 Å². The van der Waals surface area contributed by atoms with Gasteiger partial charge in [0.25, 0.3) is 0 Å². The molecule has 0 saturated carbocycles. The normalized spacial score (nSPS) is 13.4. The smallest absolute Gasteiger partial charge is 0.116 e. The molecular formula is C52H68N2. The van der Waals surface area contributed by atoms with E-state index in [0.29, 0.717) is 0 Å². The highest BCUT2D eigenvalue weighted by molar-refractivity contribution is 5.78. The molecule has 0 N–H and O–H groups in total. The molecule has 0 aliphatic rings. The van der Waals surface area contributed by atoms with Crippen LogP contribution in [0.5, 0.6) is 0 Å². The van der Waals surface area contributed by atoms with Crippen LogP contribution in [0.25, 0.3) is 44.8 Å². The average Bonchev–Trinajstić information content (AvgIpc) is 3.05. The molecule has 2 heteroatoms. The summed E-state index contributed by atoms with van der Waals surface area (Å²) in [6, 6.07) is 30.7. The Labute approximate surface area is 329 Å². The van der Waals surface area contributed by atoms with Crippen molar-refractivity contribution in [2.75, 3.05) is 0 Å². The minimum Gasteiger partial charge on any atom is -0.236 e. The number of rotatable bonds is 4. The van der Waals surface area contributed by atoms with Gasteiger partial charge in [-0.15, -0.1) is 0 Å². The largest absolute Gasteiger partial charge is 0.236 e. The molecule has 0 bridgehead atoms. The van der Waals surface area contributed by atoms with Gasteiger partial charge in [-0.25, -0.2) is 9.97 Å². The zero-order valence-electron chi connectivity index (χ0n) is 37.0. The van der Waals surface area contributed by atoms with Crippen molar-refractivity contribution in [3.63, 3.8) is 0 Å². The molecule has 5 aromatic rings. The molecule has 0 unspecified atom stereocenters. The Morgan fingerprint density at radius 2 is 0.444 bits per heavy atom. The standard InChI is InChI=1S/C52H68N2/c1-47(2,3)39-21-33(35-23-41(49(7,8)9)29-42(24-35)50(10,11)12)19-37(27-39)45-31-46(54-32-53-45)38-20-34(22-40(28-38)48(4,5)6)36-25-43(51(13,14)15)30-44(26-36)52(16,17)18/h19-32H,1-18H3. The van der Waals surface area contributed by atoms with Crippen molar-refractivity contribution < 1.29 is 0 Å². The number of aromatic nitrogens is 2. The van der Waals surface area contributed by atoms with Gasteiger partial charge in [-0.2, -0.15) is 0 Å². The SMILES string of the molecule is CC(C)(C)c1cc(-c2cc(C(C)(C)C)cc(C(C)(C)C)c2)cc(-c2cc(-c3cc(-c4cc(C(C)(C)C)cc(C(C)(C)C)c4)cc(C(C)(C)C)c3)ncn2)c1. The van der Waals surface area contributed by atoms with Crippen molar-refractivity contribution in [1.29, 1.82) is 0 Å². The second-order valence-electron chi connectivity index (χ2n) is 22.0. The van der Waals surface area contributed by atoms with Crippen LogP contribution < -0.4 is 0 Å². The molecule has 2 nitrogen and oxygen atoms in total. The Morgan fingerprint density at radius 1 is 0.241 bits per heavy atom. The molecule has 286 valence electrons. The van der Waals surface area contributed by atoms with E-state index in [1.165, 1.54) is 55.6 Å². The van der Waals surface area contributed by atoms with Gasteiger partial charge in [0.05, 0.1) is 11.4 Å². The van der Waals surface area contributed by atoms with Crippen molar-refractivity contribution >= 4 is 0 Å². The zero-order valence-corrected chi connectivity index (χ0v) is 37.0. The Bertz CT molecular complexity index is 1940. The van der Waals surface area contributed by atoms with Gasteiger partial charge in [-0.05, 0) is 118 Å². The molecule has 0 spiro atoms. The van der Waals surface area contributed by atoms with Gasteiger partial charge in [-0.3, -0.25) is 0 Å². The summed E-state index contributed by atoms with van der Waals surface area (Å²) >= 11 is 0. The van der Waals surface area contributed by atoms with Crippen molar-refractivity contribution in [3.05, 3.63) is 119 Å². The van der Waals surface area contributed by atoms with Crippen LogP contribution >= 0.6 is 0 Å². The van der Waals surface area contributed by atoms with Gasteiger partial charge in [0.2, 0.25) is 0 Å². The molecule has 0 aliphatic carbocycles. The van der Waals surface area contributed by atoms with Gasteiger partial charge in [0, 0.05) is 11.1 Å². The molecule has 4 aromatic carbocycles. The predicted molar refractivity (Wildman–Crippen MR) is 236 cm³/mol. The average molecular weight is 721 g/mol. The summed E-state index contributed by atoms with van der Waals surface area (Å²) in [5.74, 6) is 0. The minimum atomic E-state index is -0.0431. The highest BCUT2D eigenvalue weighted by atomic mass is 14.8. The quantitative estimate of drug-likeness (QED) is 0.185. The molecule has 54 heavy (non-hydrogen) atoms. The molecule has 0 amide bonds. The second kappa shape index (κ2) is 13.9. The molecule has 0 radical (unpaired) electrons. The lowest BCUT2D eigenvalue weighted by Crippen LogP contribution is -2.16. The van der Waals surface area contributed by atoms with Crippen molar-refractivity contribution in [2.45, 2.75) is 157 Å². The molecule has 1 aromatic heterocycles. The first-order chi connectivity index (χ1) is 24.5. The third-order valence-corrected chi connectivity index (χ3v) is 10.9. The minimum absolute atomic E-state index is 0.0326. The first kappa shape index (κ1) is 41.1. The van der Waals surface area contributed by atoms with Gasteiger partial charge in [0.15, 0.2) is 0 Å². The maximum absolute atomic E-state index is 4.92. The van der Waals surface area contributed by atoms with Gasteiger partial charge in [-0.1, -0.05) is 173 Å². The third-order valence-electron chi connectivity index (χ3n) is 10.9. The lowest BCUT2D eigenvalue weighted by Gasteiger charge is -2.27. The molecule has 0 atom stereocenters. The van der Waals surface area contributed by atoms with E-state index >= 15 is 0 Å². The third kappa shape index (κ3) is 9.42. The highest BCUT2D eigenvalue weighted by Gasteiger charge is 2.25. The van der Waals surface area contributed by atoms with E-state index in [1.54, 1.807) is 6.33 Å². The number of benzene rings is 4. The first-order valence-electron chi connectivity index (χ1n) is 20.0. The Hall–Kier alpha value is -4.04. The highest BCUT2D eigenvalue weighted by Crippen LogP contribution is 2.40. The summed E-state index contributed by atoms with van der Waals surface area (Å²) < 4.78 is 0. The first-order valence-corrected chi connectivity index (χ1v) is 20.0. The summed E-state index contributed by atoms with van der Waals surface area (Å²) in [5, 5.41) is 0. The van der Waals surface area contributed by atoms with Gasteiger partial charge >= 0.3 is 0 Å². The van der Waals surface area contributed by atoms with E-state index in [0.717, 1.165) is 22.5 Å². The summed E-state index contributed by atoms with van der Waals surface area (Å²) in [7, 11) is 0. The van der Waals surface area contributed by atoms with E-state index in [9.17, 15) is 0 Å². The molecule has 5 rings (SSSR count). The lowest BCUT2D eigenvalue weighted by molar-refractivity contribution is 0.568. The fourth-order valence-electron chi connectivity index (χ4n) is 6.74.